The molecule has 2 atom stereocenters. The van der Waals surface area contributed by atoms with Crippen molar-refractivity contribution >= 4 is 17.4 Å². The lowest BCUT2D eigenvalue weighted by atomic mass is 9.98. The van der Waals surface area contributed by atoms with Crippen molar-refractivity contribution < 1.29 is 9.53 Å². The maximum atomic E-state index is 13.2. The lowest BCUT2D eigenvalue weighted by Gasteiger charge is -2.26. The second-order valence-electron chi connectivity index (χ2n) is 10.0. The van der Waals surface area contributed by atoms with E-state index in [2.05, 4.69) is 16.0 Å². The number of hydrogen-bond acceptors (Lipinski definition) is 7. The van der Waals surface area contributed by atoms with E-state index in [1.807, 2.05) is 65.6 Å². The summed E-state index contributed by atoms with van der Waals surface area (Å²) in [6.45, 7) is 0.651. The molecule has 0 bridgehead atoms. The molecule has 2 aromatic carbocycles. The molecule has 1 amide bonds. The van der Waals surface area contributed by atoms with Gasteiger partial charge in [-0.2, -0.15) is 5.26 Å². The third-order valence-electron chi connectivity index (χ3n) is 7.36. The molecule has 3 aromatic rings. The molecular formula is C30H28N6O2. The fraction of sp³-hybridized carbons (Fsp3) is 0.300. The molecule has 0 radical (unpaired) electrons. The number of rotatable bonds is 7. The summed E-state index contributed by atoms with van der Waals surface area (Å²) in [5, 5.41) is 9.60. The number of ether oxygens (including phenoxy) is 1. The molecule has 1 aromatic heterocycles. The molecule has 6 rings (SSSR count). The molecule has 1 saturated carbocycles. The maximum Gasteiger partial charge on any atom is 0.264 e. The van der Waals surface area contributed by atoms with E-state index in [9.17, 15) is 10.1 Å². The smallest absolute Gasteiger partial charge is 0.264 e. The van der Waals surface area contributed by atoms with Crippen molar-refractivity contribution in [3.63, 3.8) is 0 Å². The Hall–Kier alpha value is -4.51. The van der Waals surface area contributed by atoms with Crippen LogP contribution in [0.3, 0.4) is 0 Å². The highest BCUT2D eigenvalue weighted by Crippen LogP contribution is 2.39. The van der Waals surface area contributed by atoms with Crippen molar-refractivity contribution in [2.45, 2.75) is 44.2 Å². The lowest BCUT2D eigenvalue weighted by molar-refractivity contribution is -0.127. The van der Waals surface area contributed by atoms with Crippen LogP contribution in [0.5, 0.6) is 11.5 Å². The molecule has 38 heavy (non-hydrogen) atoms. The molecule has 2 aliphatic heterocycles. The number of carbonyl (C=O) groups is 1. The Balaban J connectivity index is 1.25. The van der Waals surface area contributed by atoms with Crippen LogP contribution in [-0.4, -0.2) is 39.1 Å². The minimum atomic E-state index is -0.248. The summed E-state index contributed by atoms with van der Waals surface area (Å²) >= 11 is 0. The number of aromatic nitrogens is 2. The summed E-state index contributed by atoms with van der Waals surface area (Å²) in [6, 6.07) is 19.2. The lowest BCUT2D eigenvalue weighted by Crippen LogP contribution is -2.37. The molecule has 2 fully saturated rings. The molecule has 1 saturated heterocycles. The summed E-state index contributed by atoms with van der Waals surface area (Å²) in [6.07, 6.45) is 7.83. The molecular weight excluding hydrogens is 476 g/mol. The second-order valence-corrected chi connectivity index (χ2v) is 10.0. The number of nitrogen functional groups attached to an aromatic ring is 1. The summed E-state index contributed by atoms with van der Waals surface area (Å²) in [4.78, 5) is 28.9. The largest absolute Gasteiger partial charge is 0.457 e. The number of carbonyl (C=O) groups excluding carboxylic acids is 1. The third-order valence-corrected chi connectivity index (χ3v) is 7.36. The zero-order chi connectivity index (χ0) is 26.1. The Morgan fingerprint density at radius 2 is 1.84 bits per heavy atom. The highest BCUT2D eigenvalue weighted by Gasteiger charge is 2.37. The minimum absolute atomic E-state index is 0.0164. The van der Waals surface area contributed by atoms with Crippen LogP contribution in [0.2, 0.25) is 0 Å². The zero-order valence-electron chi connectivity index (χ0n) is 21.0. The van der Waals surface area contributed by atoms with Crippen molar-refractivity contribution in [1.29, 1.82) is 5.26 Å². The molecule has 1 aliphatic carbocycles. The summed E-state index contributed by atoms with van der Waals surface area (Å²) < 4.78 is 5.94. The van der Waals surface area contributed by atoms with Gasteiger partial charge in [0, 0.05) is 18.2 Å². The number of likely N-dealkylation sites (tertiary alicyclic amines) is 1. The first-order valence-electron chi connectivity index (χ1n) is 13.1. The number of nitrogens with two attached hydrogens (primary N) is 1. The van der Waals surface area contributed by atoms with E-state index in [-0.39, 0.29) is 23.6 Å². The van der Waals surface area contributed by atoms with Gasteiger partial charge in [-0.15, -0.1) is 0 Å². The number of amides is 1. The highest BCUT2D eigenvalue weighted by atomic mass is 16.5. The van der Waals surface area contributed by atoms with Gasteiger partial charge in [-0.3, -0.25) is 9.79 Å². The van der Waals surface area contributed by atoms with Crippen molar-refractivity contribution in [3.8, 4) is 17.6 Å². The van der Waals surface area contributed by atoms with Gasteiger partial charge in [0.05, 0.1) is 23.0 Å². The standard InChI is InChI=1S/C30H28N6O2/c31-17-21(15-19-8-9-19)30(37)36-14-4-5-22(36)16-25-28-26(29(32)34-18-33-28)27(35-25)20-10-12-24(13-11-20)38-23-6-2-1-3-7-23/h1-3,6-7,10-13,15,18-19,22,25H,4-5,8-9,14,16H2,(H2,32,33,34)/t22-,25?/m1/s1. The molecule has 3 heterocycles. The molecule has 190 valence electrons. The van der Waals surface area contributed by atoms with Gasteiger partial charge in [-0.05, 0) is 74.4 Å². The molecule has 0 spiro atoms. The monoisotopic (exact) mass is 504 g/mol. The van der Waals surface area contributed by atoms with Gasteiger partial charge in [0.2, 0.25) is 0 Å². The SMILES string of the molecule is N#CC(=CC1CC1)C(=O)N1CCC[C@@H]1CC1N=C(c2ccc(Oc3ccccc3)cc2)c2c(N)ncnc21. The normalized spacial score (nSPS) is 20.6. The van der Waals surface area contributed by atoms with Gasteiger partial charge in [0.25, 0.3) is 5.91 Å². The van der Waals surface area contributed by atoms with Crippen molar-refractivity contribution in [3.05, 3.63) is 89.4 Å². The Labute approximate surface area is 221 Å². The first kappa shape index (κ1) is 23.9. The Bertz CT molecular complexity index is 1450. The first-order valence-corrected chi connectivity index (χ1v) is 13.1. The number of nitrogens with zero attached hydrogens (tertiary/aromatic N) is 5. The predicted molar refractivity (Wildman–Crippen MR) is 144 cm³/mol. The minimum Gasteiger partial charge on any atom is -0.457 e. The number of para-hydroxylation sites is 1. The van der Waals surface area contributed by atoms with Crippen LogP contribution in [-0.2, 0) is 4.79 Å². The van der Waals surface area contributed by atoms with Gasteiger partial charge in [-0.1, -0.05) is 24.3 Å². The maximum absolute atomic E-state index is 13.2. The number of aliphatic imine (C=N–C) groups is 1. The van der Waals surface area contributed by atoms with Crippen molar-refractivity contribution in [2.75, 3.05) is 12.3 Å². The van der Waals surface area contributed by atoms with Crippen LogP contribution in [0.4, 0.5) is 5.82 Å². The number of allylic oxidation sites excluding steroid dienone is 1. The molecule has 3 aliphatic rings. The van der Waals surface area contributed by atoms with E-state index in [0.29, 0.717) is 24.7 Å². The van der Waals surface area contributed by atoms with Crippen LogP contribution < -0.4 is 10.5 Å². The van der Waals surface area contributed by atoms with Crippen molar-refractivity contribution in [1.82, 2.24) is 14.9 Å². The van der Waals surface area contributed by atoms with E-state index in [1.165, 1.54) is 6.33 Å². The Morgan fingerprint density at radius 1 is 1.08 bits per heavy atom. The highest BCUT2D eigenvalue weighted by molar-refractivity contribution is 6.17. The number of benzene rings is 2. The summed E-state index contributed by atoms with van der Waals surface area (Å²) in [7, 11) is 0. The van der Waals surface area contributed by atoms with E-state index < -0.39 is 0 Å². The van der Waals surface area contributed by atoms with Crippen LogP contribution >= 0.6 is 0 Å². The topological polar surface area (TPSA) is 117 Å². The van der Waals surface area contributed by atoms with Crippen molar-refractivity contribution in [2.24, 2.45) is 10.9 Å². The van der Waals surface area contributed by atoms with Crippen LogP contribution in [0.1, 0.15) is 55.0 Å². The molecule has 8 heteroatoms. The average molecular weight is 505 g/mol. The first-order chi connectivity index (χ1) is 18.6. The quantitative estimate of drug-likeness (QED) is 0.358. The van der Waals surface area contributed by atoms with Gasteiger partial charge >= 0.3 is 0 Å². The number of nitriles is 1. The van der Waals surface area contributed by atoms with Gasteiger partial charge in [0.15, 0.2) is 0 Å². The molecule has 2 N–H and O–H groups in total. The van der Waals surface area contributed by atoms with Crippen LogP contribution in [0.25, 0.3) is 0 Å². The van der Waals surface area contributed by atoms with Gasteiger partial charge < -0.3 is 15.4 Å². The summed E-state index contributed by atoms with van der Waals surface area (Å²) in [5.41, 5.74) is 9.76. The van der Waals surface area contributed by atoms with E-state index in [1.54, 1.807) is 0 Å². The Morgan fingerprint density at radius 3 is 2.58 bits per heavy atom. The number of hydrogen-bond donors (Lipinski definition) is 1. The van der Waals surface area contributed by atoms with Crippen LogP contribution in [0, 0.1) is 17.2 Å². The number of fused-ring (bicyclic) bond motifs is 1. The van der Waals surface area contributed by atoms with Gasteiger partial charge in [0.1, 0.15) is 35.3 Å². The summed E-state index contributed by atoms with van der Waals surface area (Å²) in [5.74, 6) is 2.08. The third kappa shape index (κ3) is 4.75. The second kappa shape index (κ2) is 10.1. The predicted octanol–water partition coefficient (Wildman–Crippen LogP) is 4.98. The fourth-order valence-electron chi connectivity index (χ4n) is 5.29. The molecule has 1 unspecified atom stereocenters. The van der Waals surface area contributed by atoms with Gasteiger partial charge in [-0.25, -0.2) is 9.97 Å². The molecule has 8 nitrogen and oxygen atoms in total. The zero-order valence-corrected chi connectivity index (χ0v) is 21.0. The van der Waals surface area contributed by atoms with Crippen LogP contribution in [0.15, 0.2) is 77.6 Å². The Kier molecular flexibility index (Phi) is 6.34. The average Bonchev–Trinajstić information content (AvgIpc) is 3.52. The van der Waals surface area contributed by atoms with E-state index >= 15 is 0 Å². The van der Waals surface area contributed by atoms with E-state index in [4.69, 9.17) is 15.5 Å². The number of anilines is 1. The van der Waals surface area contributed by atoms with E-state index in [0.717, 1.165) is 59.7 Å². The fourth-order valence-corrected chi connectivity index (χ4v) is 5.29.